The van der Waals surface area contributed by atoms with E-state index in [0.717, 1.165) is 6.07 Å². The molecule has 0 radical (unpaired) electrons. The van der Waals surface area contributed by atoms with Gasteiger partial charge in [0.25, 0.3) is 11.6 Å². The maximum absolute atomic E-state index is 12.8. The molecule has 0 saturated heterocycles. The van der Waals surface area contributed by atoms with E-state index in [9.17, 15) is 24.8 Å². The molecule has 160 valence electrons. The number of hydrogen-bond acceptors (Lipinski definition) is 7. The number of benzene rings is 2. The summed E-state index contributed by atoms with van der Waals surface area (Å²) in [5, 5.41) is 22.9. The summed E-state index contributed by atoms with van der Waals surface area (Å²) in [6, 6.07) is 5.25. The summed E-state index contributed by atoms with van der Waals surface area (Å²) in [7, 11) is 4.18. The van der Waals surface area contributed by atoms with Crippen LogP contribution in [-0.4, -0.2) is 43.2 Å². The second-order valence-corrected chi connectivity index (χ2v) is 6.41. The van der Waals surface area contributed by atoms with Crippen LogP contribution in [0.3, 0.4) is 0 Å². The van der Waals surface area contributed by atoms with Gasteiger partial charge in [-0.05, 0) is 18.2 Å². The standard InChI is InChI=1S/C19H19ClN2O8/c1-28-15-6-10(7-16(29-2)18(15)30-3)19(25)21-14(9-17(23)24)12-8-11(22(26)27)4-5-13(12)20/h4-8,14H,9H2,1-3H3,(H,21,25)(H,23,24)/t14-/m0/s1. The molecule has 0 aromatic heterocycles. The lowest BCUT2D eigenvalue weighted by Crippen LogP contribution is -2.30. The van der Waals surface area contributed by atoms with Gasteiger partial charge in [-0.2, -0.15) is 0 Å². The molecule has 2 N–H and O–H groups in total. The number of amides is 1. The zero-order valence-electron chi connectivity index (χ0n) is 16.3. The minimum atomic E-state index is -1.23. The van der Waals surface area contributed by atoms with Crippen LogP contribution in [0.2, 0.25) is 5.02 Å². The van der Waals surface area contributed by atoms with E-state index in [1.165, 1.54) is 45.6 Å². The van der Waals surface area contributed by atoms with Gasteiger partial charge in [-0.3, -0.25) is 19.7 Å². The number of carbonyl (C=O) groups excluding carboxylic acids is 1. The third-order valence-electron chi connectivity index (χ3n) is 4.18. The number of nitro groups is 1. The minimum absolute atomic E-state index is 0.0806. The Morgan fingerprint density at radius 2 is 1.73 bits per heavy atom. The van der Waals surface area contributed by atoms with Crippen molar-refractivity contribution in [1.29, 1.82) is 0 Å². The first kappa shape index (κ1) is 22.8. The fourth-order valence-electron chi connectivity index (χ4n) is 2.78. The largest absolute Gasteiger partial charge is 0.493 e. The molecular weight excluding hydrogens is 420 g/mol. The van der Waals surface area contributed by atoms with Crippen molar-refractivity contribution in [2.24, 2.45) is 0 Å². The number of nitro benzene ring substituents is 1. The van der Waals surface area contributed by atoms with Crippen LogP contribution in [0.4, 0.5) is 5.69 Å². The van der Waals surface area contributed by atoms with Crippen molar-refractivity contribution in [3.8, 4) is 17.2 Å². The summed E-state index contributed by atoms with van der Waals surface area (Å²) in [5.74, 6) is -1.16. The van der Waals surface area contributed by atoms with E-state index in [-0.39, 0.29) is 39.1 Å². The highest BCUT2D eigenvalue weighted by molar-refractivity contribution is 6.31. The maximum Gasteiger partial charge on any atom is 0.305 e. The van der Waals surface area contributed by atoms with Crippen LogP contribution in [-0.2, 0) is 4.79 Å². The van der Waals surface area contributed by atoms with E-state index in [1.807, 2.05) is 0 Å². The molecule has 1 amide bonds. The third-order valence-corrected chi connectivity index (χ3v) is 4.52. The predicted molar refractivity (Wildman–Crippen MR) is 107 cm³/mol. The van der Waals surface area contributed by atoms with Crippen LogP contribution in [0.5, 0.6) is 17.2 Å². The highest BCUT2D eigenvalue weighted by Crippen LogP contribution is 2.38. The van der Waals surface area contributed by atoms with Crippen molar-refractivity contribution in [1.82, 2.24) is 5.32 Å². The summed E-state index contributed by atoms with van der Waals surface area (Å²) in [6.45, 7) is 0. The van der Waals surface area contributed by atoms with Crippen LogP contribution in [0.15, 0.2) is 30.3 Å². The molecule has 0 aliphatic rings. The summed E-state index contributed by atoms with van der Waals surface area (Å²) in [6.07, 6.45) is -0.545. The lowest BCUT2D eigenvalue weighted by atomic mass is 10.0. The van der Waals surface area contributed by atoms with E-state index in [1.54, 1.807) is 0 Å². The van der Waals surface area contributed by atoms with Gasteiger partial charge in [0.2, 0.25) is 5.75 Å². The van der Waals surface area contributed by atoms with Gasteiger partial charge in [0.1, 0.15) is 0 Å². The Morgan fingerprint density at radius 3 is 2.20 bits per heavy atom. The monoisotopic (exact) mass is 438 g/mol. The molecule has 0 saturated carbocycles. The van der Waals surface area contributed by atoms with Gasteiger partial charge in [-0.15, -0.1) is 0 Å². The normalized spacial score (nSPS) is 11.3. The van der Waals surface area contributed by atoms with Gasteiger partial charge in [0.05, 0.1) is 38.7 Å². The van der Waals surface area contributed by atoms with Gasteiger partial charge in [-0.1, -0.05) is 11.6 Å². The fraction of sp³-hybridized carbons (Fsp3) is 0.263. The molecule has 0 heterocycles. The quantitative estimate of drug-likeness (QED) is 0.449. The molecular formula is C19H19ClN2O8. The van der Waals surface area contributed by atoms with Crippen LogP contribution in [0.1, 0.15) is 28.4 Å². The van der Waals surface area contributed by atoms with Gasteiger partial charge >= 0.3 is 5.97 Å². The lowest BCUT2D eigenvalue weighted by molar-refractivity contribution is -0.384. The SMILES string of the molecule is COc1cc(C(=O)N[C@@H](CC(=O)O)c2cc([N+](=O)[O-])ccc2Cl)cc(OC)c1OC. The number of carboxylic acid groups (broad SMARTS) is 1. The van der Waals surface area contributed by atoms with Crippen molar-refractivity contribution in [2.45, 2.75) is 12.5 Å². The topological polar surface area (TPSA) is 137 Å². The first-order valence-electron chi connectivity index (χ1n) is 8.48. The number of nitrogens with one attached hydrogen (secondary N) is 1. The van der Waals surface area contributed by atoms with E-state index in [2.05, 4.69) is 5.32 Å². The average molecular weight is 439 g/mol. The van der Waals surface area contributed by atoms with Crippen LogP contribution < -0.4 is 19.5 Å². The molecule has 0 spiro atoms. The van der Waals surface area contributed by atoms with Crippen LogP contribution in [0.25, 0.3) is 0 Å². The van der Waals surface area contributed by atoms with E-state index < -0.39 is 29.3 Å². The molecule has 1 atom stereocenters. The van der Waals surface area contributed by atoms with Gasteiger partial charge < -0.3 is 24.6 Å². The van der Waals surface area contributed by atoms with Gasteiger partial charge in [-0.25, -0.2) is 0 Å². The Hall–Kier alpha value is -3.53. The molecule has 2 rings (SSSR count). The molecule has 0 aliphatic carbocycles. The van der Waals surface area contributed by atoms with E-state index in [0.29, 0.717) is 0 Å². The number of ether oxygens (including phenoxy) is 3. The number of non-ortho nitro benzene ring substituents is 1. The zero-order chi connectivity index (χ0) is 22.4. The molecule has 0 bridgehead atoms. The second kappa shape index (κ2) is 9.79. The summed E-state index contributed by atoms with van der Waals surface area (Å²) >= 11 is 6.12. The molecule has 0 unspecified atom stereocenters. The Morgan fingerprint density at radius 1 is 1.13 bits per heavy atom. The smallest absolute Gasteiger partial charge is 0.305 e. The first-order valence-corrected chi connectivity index (χ1v) is 8.86. The Bertz CT molecular complexity index is 954. The molecule has 0 fully saturated rings. The Balaban J connectivity index is 2.45. The number of hydrogen-bond donors (Lipinski definition) is 2. The number of aliphatic carboxylic acids is 1. The fourth-order valence-corrected chi connectivity index (χ4v) is 3.03. The maximum atomic E-state index is 12.8. The molecule has 2 aromatic carbocycles. The number of methoxy groups -OCH3 is 3. The van der Waals surface area contributed by atoms with E-state index >= 15 is 0 Å². The van der Waals surface area contributed by atoms with Crippen molar-refractivity contribution >= 4 is 29.2 Å². The first-order chi connectivity index (χ1) is 14.2. The van der Waals surface area contributed by atoms with Gasteiger partial charge in [0, 0.05) is 28.3 Å². The number of carbonyl (C=O) groups is 2. The highest BCUT2D eigenvalue weighted by atomic mass is 35.5. The third kappa shape index (κ3) is 5.09. The Kier molecular flexibility index (Phi) is 7.43. The van der Waals surface area contributed by atoms with Crippen molar-refractivity contribution in [2.75, 3.05) is 21.3 Å². The Labute approximate surface area is 176 Å². The number of carboxylic acids is 1. The lowest BCUT2D eigenvalue weighted by Gasteiger charge is -2.20. The number of halogens is 1. The van der Waals surface area contributed by atoms with Crippen molar-refractivity contribution in [3.63, 3.8) is 0 Å². The molecule has 10 nitrogen and oxygen atoms in total. The predicted octanol–water partition coefficient (Wildman–Crippen LogP) is 3.22. The van der Waals surface area contributed by atoms with Gasteiger partial charge in [0.15, 0.2) is 11.5 Å². The zero-order valence-corrected chi connectivity index (χ0v) is 17.1. The van der Waals surface area contributed by atoms with Crippen molar-refractivity contribution < 1.29 is 33.8 Å². The highest BCUT2D eigenvalue weighted by Gasteiger charge is 2.25. The van der Waals surface area contributed by atoms with Crippen molar-refractivity contribution in [3.05, 3.63) is 56.6 Å². The molecule has 0 aliphatic heterocycles. The molecule has 11 heteroatoms. The van der Waals surface area contributed by atoms with E-state index in [4.69, 9.17) is 25.8 Å². The minimum Gasteiger partial charge on any atom is -0.493 e. The summed E-state index contributed by atoms with van der Waals surface area (Å²) in [5.41, 5.74) is -0.0812. The second-order valence-electron chi connectivity index (χ2n) is 6.00. The molecule has 2 aromatic rings. The number of rotatable bonds is 9. The summed E-state index contributed by atoms with van der Waals surface area (Å²) < 4.78 is 15.6. The van der Waals surface area contributed by atoms with Crippen LogP contribution in [0, 0.1) is 10.1 Å². The molecule has 30 heavy (non-hydrogen) atoms. The van der Waals surface area contributed by atoms with Crippen LogP contribution >= 0.6 is 11.6 Å². The number of nitrogens with zero attached hydrogens (tertiary/aromatic N) is 1. The average Bonchev–Trinajstić information content (AvgIpc) is 2.71. The summed E-state index contributed by atoms with van der Waals surface area (Å²) in [4.78, 5) is 34.6.